The van der Waals surface area contributed by atoms with Crippen molar-refractivity contribution in [2.45, 2.75) is 19.5 Å². The maximum Gasteiger partial charge on any atom is 0.145 e. The first-order chi connectivity index (χ1) is 8.20. The zero-order valence-corrected chi connectivity index (χ0v) is 9.91. The van der Waals surface area contributed by atoms with Crippen LogP contribution in [-0.4, -0.2) is 30.6 Å². The van der Waals surface area contributed by atoms with E-state index in [0.29, 0.717) is 18.2 Å². The quantitative estimate of drug-likeness (QED) is 0.841. The molecule has 1 saturated heterocycles. The van der Waals surface area contributed by atoms with Gasteiger partial charge in [0.15, 0.2) is 0 Å². The van der Waals surface area contributed by atoms with Crippen molar-refractivity contribution in [3.63, 3.8) is 0 Å². The summed E-state index contributed by atoms with van der Waals surface area (Å²) in [6.07, 6.45) is 0. The molecule has 1 aliphatic heterocycles. The minimum atomic E-state index is -0.374. The first kappa shape index (κ1) is 12.0. The summed E-state index contributed by atoms with van der Waals surface area (Å²) in [6.45, 7) is 5.46. The van der Waals surface area contributed by atoms with Gasteiger partial charge in [-0.1, -0.05) is 12.1 Å². The van der Waals surface area contributed by atoms with Crippen LogP contribution in [-0.2, 0) is 6.54 Å². The molecule has 0 radical (unpaired) electrons. The highest BCUT2D eigenvalue weighted by molar-refractivity contribution is 5.34. The first-order valence-corrected chi connectivity index (χ1v) is 5.84. The smallest absolute Gasteiger partial charge is 0.145 e. The Labute approximate surface area is 101 Å². The Bertz CT molecular complexity index is 439. The molecule has 1 atom stereocenters. The predicted molar refractivity (Wildman–Crippen MR) is 63.9 cm³/mol. The average molecular weight is 233 g/mol. The minimum absolute atomic E-state index is 0.130. The third-order valence-corrected chi connectivity index (χ3v) is 3.05. The van der Waals surface area contributed by atoms with Crippen molar-refractivity contribution in [1.82, 2.24) is 10.2 Å². The van der Waals surface area contributed by atoms with E-state index in [1.807, 2.05) is 6.07 Å². The molecule has 3 nitrogen and oxygen atoms in total. The van der Waals surface area contributed by atoms with E-state index < -0.39 is 0 Å². The van der Waals surface area contributed by atoms with E-state index in [1.165, 1.54) is 6.07 Å². The summed E-state index contributed by atoms with van der Waals surface area (Å²) in [7, 11) is 0. The van der Waals surface area contributed by atoms with Crippen molar-refractivity contribution in [2.75, 3.05) is 19.6 Å². The number of benzene rings is 1. The fourth-order valence-corrected chi connectivity index (χ4v) is 2.18. The second-order valence-electron chi connectivity index (χ2n) is 4.48. The van der Waals surface area contributed by atoms with Crippen LogP contribution in [0, 0.1) is 17.1 Å². The second-order valence-corrected chi connectivity index (χ2v) is 4.48. The highest BCUT2D eigenvalue weighted by Crippen LogP contribution is 2.15. The Morgan fingerprint density at radius 1 is 1.59 bits per heavy atom. The number of halogens is 1. The van der Waals surface area contributed by atoms with Crippen molar-refractivity contribution < 1.29 is 4.39 Å². The summed E-state index contributed by atoms with van der Waals surface area (Å²) in [5.74, 6) is -0.374. The number of hydrogen-bond donors (Lipinski definition) is 1. The molecule has 1 heterocycles. The summed E-state index contributed by atoms with van der Waals surface area (Å²) in [5.41, 5.74) is 0.740. The van der Waals surface area contributed by atoms with Gasteiger partial charge in [-0.25, -0.2) is 4.39 Å². The molecule has 0 saturated carbocycles. The van der Waals surface area contributed by atoms with E-state index in [1.54, 1.807) is 12.1 Å². The normalized spacial score (nSPS) is 21.1. The highest BCUT2D eigenvalue weighted by Gasteiger charge is 2.17. The summed E-state index contributed by atoms with van der Waals surface area (Å²) >= 11 is 0. The van der Waals surface area contributed by atoms with Crippen molar-refractivity contribution in [1.29, 1.82) is 5.26 Å². The average Bonchev–Trinajstić information content (AvgIpc) is 2.32. The number of nitrogens with one attached hydrogen (secondary N) is 1. The zero-order valence-electron chi connectivity index (χ0n) is 9.91. The lowest BCUT2D eigenvalue weighted by molar-refractivity contribution is 0.197. The van der Waals surface area contributed by atoms with Gasteiger partial charge in [0, 0.05) is 37.8 Å². The summed E-state index contributed by atoms with van der Waals surface area (Å²) in [4.78, 5) is 2.21. The molecule has 2 rings (SSSR count). The molecule has 90 valence electrons. The lowest BCUT2D eigenvalue weighted by Gasteiger charge is -2.31. The number of rotatable bonds is 2. The number of piperazine rings is 1. The van der Waals surface area contributed by atoms with Crippen LogP contribution in [0.2, 0.25) is 0 Å². The molecule has 0 aromatic heterocycles. The molecule has 0 aliphatic carbocycles. The van der Waals surface area contributed by atoms with Crippen LogP contribution >= 0.6 is 0 Å². The SMILES string of the molecule is C[C@H]1CN(Cc2cccc(C#N)c2F)CCN1. The van der Waals surface area contributed by atoms with Crippen LogP contribution in [0.15, 0.2) is 18.2 Å². The maximum atomic E-state index is 13.9. The van der Waals surface area contributed by atoms with Crippen molar-refractivity contribution >= 4 is 0 Å². The van der Waals surface area contributed by atoms with Crippen molar-refractivity contribution in [3.05, 3.63) is 35.1 Å². The Hall–Kier alpha value is -1.44. The molecule has 1 fully saturated rings. The van der Waals surface area contributed by atoms with Gasteiger partial charge in [0.1, 0.15) is 11.9 Å². The Morgan fingerprint density at radius 3 is 3.12 bits per heavy atom. The lowest BCUT2D eigenvalue weighted by Crippen LogP contribution is -2.48. The molecular weight excluding hydrogens is 217 g/mol. The van der Waals surface area contributed by atoms with Gasteiger partial charge in [0.05, 0.1) is 5.56 Å². The van der Waals surface area contributed by atoms with E-state index in [-0.39, 0.29) is 11.4 Å². The number of hydrogen-bond acceptors (Lipinski definition) is 3. The van der Waals surface area contributed by atoms with Gasteiger partial charge in [-0.3, -0.25) is 4.90 Å². The van der Waals surface area contributed by atoms with E-state index in [9.17, 15) is 4.39 Å². The van der Waals surface area contributed by atoms with E-state index in [4.69, 9.17) is 5.26 Å². The van der Waals surface area contributed by atoms with Crippen molar-refractivity contribution in [3.8, 4) is 6.07 Å². The molecule has 17 heavy (non-hydrogen) atoms. The van der Waals surface area contributed by atoms with Gasteiger partial charge in [-0.2, -0.15) is 5.26 Å². The zero-order chi connectivity index (χ0) is 12.3. The van der Waals surface area contributed by atoms with Crippen LogP contribution in [0.1, 0.15) is 18.1 Å². The molecule has 0 bridgehead atoms. The molecule has 1 N–H and O–H groups in total. The molecule has 0 spiro atoms. The fourth-order valence-electron chi connectivity index (χ4n) is 2.18. The molecule has 4 heteroatoms. The minimum Gasteiger partial charge on any atom is -0.312 e. The molecule has 0 amide bonds. The second kappa shape index (κ2) is 5.26. The van der Waals surface area contributed by atoms with E-state index in [2.05, 4.69) is 17.1 Å². The number of nitriles is 1. The third kappa shape index (κ3) is 2.82. The van der Waals surface area contributed by atoms with Crippen LogP contribution < -0.4 is 5.32 Å². The fraction of sp³-hybridized carbons (Fsp3) is 0.462. The standard InChI is InChI=1S/C13H16FN3/c1-10-8-17(6-5-16-10)9-12-4-2-3-11(7-15)13(12)14/h2-4,10,16H,5-6,8-9H2,1H3/t10-/m0/s1. The lowest BCUT2D eigenvalue weighted by atomic mass is 10.1. The first-order valence-electron chi connectivity index (χ1n) is 5.84. The Balaban J connectivity index is 2.11. The summed E-state index contributed by atoms with van der Waals surface area (Å²) in [5, 5.41) is 12.1. The Kier molecular flexibility index (Phi) is 3.72. The molecule has 1 aromatic rings. The monoisotopic (exact) mass is 233 g/mol. The van der Waals surface area contributed by atoms with E-state index >= 15 is 0 Å². The van der Waals surface area contributed by atoms with Crippen LogP contribution in [0.25, 0.3) is 0 Å². The van der Waals surface area contributed by atoms with Crippen LogP contribution in [0.3, 0.4) is 0 Å². The van der Waals surface area contributed by atoms with Crippen molar-refractivity contribution in [2.24, 2.45) is 0 Å². The van der Waals surface area contributed by atoms with Crippen LogP contribution in [0.5, 0.6) is 0 Å². The summed E-state index contributed by atoms with van der Waals surface area (Å²) < 4.78 is 13.9. The van der Waals surface area contributed by atoms with Gasteiger partial charge in [-0.15, -0.1) is 0 Å². The van der Waals surface area contributed by atoms with Gasteiger partial charge in [0.25, 0.3) is 0 Å². The maximum absolute atomic E-state index is 13.9. The number of nitrogens with zero attached hydrogens (tertiary/aromatic N) is 2. The van der Waals surface area contributed by atoms with Crippen LogP contribution in [0.4, 0.5) is 4.39 Å². The van der Waals surface area contributed by atoms with Gasteiger partial charge in [0.2, 0.25) is 0 Å². The largest absolute Gasteiger partial charge is 0.312 e. The summed E-state index contributed by atoms with van der Waals surface area (Å²) in [6, 6.07) is 7.32. The van der Waals surface area contributed by atoms with Gasteiger partial charge in [-0.05, 0) is 13.0 Å². The molecule has 0 unspecified atom stereocenters. The Morgan fingerprint density at radius 2 is 2.41 bits per heavy atom. The van der Waals surface area contributed by atoms with Gasteiger partial charge < -0.3 is 5.32 Å². The predicted octanol–water partition coefficient (Wildman–Crippen LogP) is 1.49. The topological polar surface area (TPSA) is 39.1 Å². The third-order valence-electron chi connectivity index (χ3n) is 3.05. The highest BCUT2D eigenvalue weighted by atomic mass is 19.1. The molecular formula is C13H16FN3. The molecule has 1 aliphatic rings. The molecule has 1 aromatic carbocycles. The van der Waals surface area contributed by atoms with E-state index in [0.717, 1.165) is 19.6 Å². The van der Waals surface area contributed by atoms with Gasteiger partial charge >= 0.3 is 0 Å².